The highest BCUT2D eigenvalue weighted by Crippen LogP contribution is 2.11. The molecule has 0 fully saturated rings. The molecule has 0 rings (SSSR count). The van der Waals surface area contributed by atoms with Gasteiger partial charge in [0.25, 0.3) is 0 Å². The molecule has 0 unspecified atom stereocenters. The maximum Gasteiger partial charge on any atom is 0.0782 e. The molecular weight excluding hydrogens is 249 g/mol. The van der Waals surface area contributed by atoms with Crippen LogP contribution >= 0.6 is 0 Å². The second-order valence-electron chi connectivity index (χ2n) is 6.92. The minimum atomic E-state index is 0. The number of hydrogen-bond donors (Lipinski definition) is 0. The molecule has 0 saturated heterocycles. The fourth-order valence-corrected chi connectivity index (χ4v) is 2.75. The quantitative estimate of drug-likeness (QED) is 0.341. The highest BCUT2D eigenvalue weighted by Gasteiger charge is 2.13. The van der Waals surface area contributed by atoms with Crippen molar-refractivity contribution in [3.05, 3.63) is 0 Å². The van der Waals surface area contributed by atoms with Crippen molar-refractivity contribution in [3.8, 4) is 0 Å². The van der Waals surface area contributed by atoms with E-state index in [-0.39, 0.29) is 4.70 Å². The predicted octanol–water partition coefficient (Wildman–Crippen LogP) is 2.79. The number of hydrogen-bond acceptors (Lipinski definition) is 0. The summed E-state index contributed by atoms with van der Waals surface area (Å²) in [5.74, 6) is 0. The van der Waals surface area contributed by atoms with Gasteiger partial charge in [-0.05, 0) is 25.7 Å². The maximum absolute atomic E-state index is 2.41. The molecule has 0 aromatic carbocycles. The fraction of sp³-hybridized carbons (Fsp3) is 1.00. The lowest BCUT2D eigenvalue weighted by molar-refractivity contribution is -0.890. The molecule has 0 radical (unpaired) electrons. The largest absolute Gasteiger partial charge is 1.00 e. The van der Waals surface area contributed by atoms with E-state index in [0.29, 0.717) is 0 Å². The van der Waals surface area contributed by atoms with Crippen molar-refractivity contribution < 1.29 is 9.19 Å². The van der Waals surface area contributed by atoms with Gasteiger partial charge in [-0.3, -0.25) is 0 Å². The van der Waals surface area contributed by atoms with E-state index in [2.05, 4.69) is 27.9 Å². The third kappa shape index (κ3) is 15.9. The van der Waals surface area contributed by atoms with Crippen molar-refractivity contribution in [2.24, 2.45) is 0 Å². The first-order valence-corrected chi connectivity index (χ1v) is 8.94. The van der Waals surface area contributed by atoms with Gasteiger partial charge >= 0.3 is 0 Å². The van der Waals surface area contributed by atoms with E-state index in [0.717, 1.165) is 0 Å². The average Bonchev–Trinajstić information content (AvgIpc) is 2.38. The van der Waals surface area contributed by atoms with Crippen LogP contribution in [0.4, 0.5) is 0 Å². The molecule has 2 heteroatoms. The number of unbranched alkanes of at least 4 members (excludes halogenated alkanes) is 10. The first-order chi connectivity index (χ1) is 9.12. The molecule has 0 saturated carbocycles. The lowest BCUT2D eigenvalue weighted by atomic mass is 10.1. The molecule has 0 aromatic heterocycles. The molecule has 0 bridgehead atoms. The van der Waals surface area contributed by atoms with Crippen molar-refractivity contribution in [2.45, 2.75) is 90.9 Å². The Morgan fingerprint density at radius 2 is 0.800 bits per heavy atom. The van der Waals surface area contributed by atoms with Crippen LogP contribution in [0.25, 0.3) is 0 Å². The van der Waals surface area contributed by atoms with Crippen LogP contribution in [0.3, 0.4) is 0 Å². The standard InChI is InChI=1S/C18H40N.FH/c1-5-7-9-11-13-15-17-19(3,4)18-16-14-12-10-8-6-2;/h5-18H2,1-4H3;1H/q+1;/p-1. The summed E-state index contributed by atoms with van der Waals surface area (Å²) in [5, 5.41) is 0. The second kappa shape index (κ2) is 15.3. The SMILES string of the molecule is CCCCCCCC[N+](C)(C)CCCCCCCC.[F-]. The van der Waals surface area contributed by atoms with Crippen LogP contribution in [0.5, 0.6) is 0 Å². The summed E-state index contributed by atoms with van der Waals surface area (Å²) in [6.07, 6.45) is 17.1. The molecule has 0 N–H and O–H groups in total. The van der Waals surface area contributed by atoms with Gasteiger partial charge in [-0.15, -0.1) is 0 Å². The van der Waals surface area contributed by atoms with Crippen molar-refractivity contribution in [1.82, 2.24) is 0 Å². The summed E-state index contributed by atoms with van der Waals surface area (Å²) in [7, 11) is 4.83. The molecule has 20 heavy (non-hydrogen) atoms. The highest BCUT2D eigenvalue weighted by atomic mass is 19.0. The van der Waals surface area contributed by atoms with Gasteiger partial charge in [-0.1, -0.05) is 65.2 Å². The van der Waals surface area contributed by atoms with Crippen LogP contribution in [-0.2, 0) is 0 Å². The minimum absolute atomic E-state index is 0. The number of quaternary nitrogens is 1. The molecule has 0 aliphatic heterocycles. The van der Waals surface area contributed by atoms with Crippen LogP contribution in [0, 0.1) is 0 Å². The zero-order valence-corrected chi connectivity index (χ0v) is 14.7. The molecular formula is C18H40FN. The van der Waals surface area contributed by atoms with Crippen molar-refractivity contribution >= 4 is 0 Å². The van der Waals surface area contributed by atoms with Crippen molar-refractivity contribution in [2.75, 3.05) is 27.2 Å². The monoisotopic (exact) mass is 289 g/mol. The Bertz CT molecular complexity index is 162. The fourth-order valence-electron chi connectivity index (χ4n) is 2.75. The van der Waals surface area contributed by atoms with Gasteiger partial charge in [-0.2, -0.15) is 0 Å². The van der Waals surface area contributed by atoms with E-state index in [9.17, 15) is 0 Å². The van der Waals surface area contributed by atoms with Crippen molar-refractivity contribution in [1.29, 1.82) is 0 Å². The van der Waals surface area contributed by atoms with Crippen LogP contribution in [0.15, 0.2) is 0 Å². The van der Waals surface area contributed by atoms with Gasteiger partial charge in [0.15, 0.2) is 0 Å². The summed E-state index contributed by atoms with van der Waals surface area (Å²) in [6.45, 7) is 7.34. The average molecular weight is 290 g/mol. The molecule has 0 atom stereocenters. The first-order valence-electron chi connectivity index (χ1n) is 8.94. The molecule has 1 nitrogen and oxygen atoms in total. The summed E-state index contributed by atoms with van der Waals surface area (Å²) in [5.41, 5.74) is 0. The minimum Gasteiger partial charge on any atom is -1.00 e. The second-order valence-corrected chi connectivity index (χ2v) is 6.92. The lowest BCUT2D eigenvalue weighted by Gasteiger charge is -2.30. The predicted molar refractivity (Wildman–Crippen MR) is 88.6 cm³/mol. The Kier molecular flexibility index (Phi) is 16.9. The highest BCUT2D eigenvalue weighted by molar-refractivity contribution is 4.46. The van der Waals surface area contributed by atoms with Crippen LogP contribution in [-0.4, -0.2) is 31.7 Å². The summed E-state index contributed by atoms with van der Waals surface area (Å²) in [6, 6.07) is 0. The zero-order chi connectivity index (χ0) is 14.4. The molecule has 0 amide bonds. The Balaban J connectivity index is 0. The van der Waals surface area contributed by atoms with E-state index < -0.39 is 0 Å². The molecule has 0 aliphatic rings. The summed E-state index contributed by atoms with van der Waals surface area (Å²) >= 11 is 0. The third-order valence-corrected chi connectivity index (χ3v) is 4.23. The van der Waals surface area contributed by atoms with Gasteiger partial charge < -0.3 is 9.19 Å². The Morgan fingerprint density at radius 3 is 1.15 bits per heavy atom. The normalized spacial score (nSPS) is 11.4. The Labute approximate surface area is 128 Å². The van der Waals surface area contributed by atoms with E-state index in [1.165, 1.54) is 94.6 Å². The van der Waals surface area contributed by atoms with Crippen LogP contribution < -0.4 is 4.70 Å². The van der Waals surface area contributed by atoms with Crippen molar-refractivity contribution in [3.63, 3.8) is 0 Å². The van der Waals surface area contributed by atoms with Crippen LogP contribution in [0.1, 0.15) is 90.9 Å². The number of halogens is 1. The molecule has 0 spiro atoms. The van der Waals surface area contributed by atoms with E-state index >= 15 is 0 Å². The van der Waals surface area contributed by atoms with E-state index in [1.54, 1.807) is 0 Å². The molecule has 124 valence electrons. The van der Waals surface area contributed by atoms with Gasteiger partial charge in [0.2, 0.25) is 0 Å². The summed E-state index contributed by atoms with van der Waals surface area (Å²) in [4.78, 5) is 0. The summed E-state index contributed by atoms with van der Waals surface area (Å²) < 4.78 is 1.24. The number of rotatable bonds is 14. The molecule has 0 aliphatic carbocycles. The number of nitrogens with zero attached hydrogens (tertiary/aromatic N) is 1. The van der Waals surface area contributed by atoms with Crippen LogP contribution in [0.2, 0.25) is 0 Å². The Hall–Kier alpha value is -0.110. The van der Waals surface area contributed by atoms with Gasteiger partial charge in [0, 0.05) is 0 Å². The van der Waals surface area contributed by atoms with E-state index in [4.69, 9.17) is 0 Å². The Morgan fingerprint density at radius 1 is 0.500 bits per heavy atom. The molecule has 0 heterocycles. The first kappa shape index (κ1) is 22.2. The smallest absolute Gasteiger partial charge is 0.0782 e. The van der Waals surface area contributed by atoms with Gasteiger partial charge in [0.05, 0.1) is 27.2 Å². The zero-order valence-electron chi connectivity index (χ0n) is 14.7. The van der Waals surface area contributed by atoms with E-state index in [1.807, 2.05) is 0 Å². The lowest BCUT2D eigenvalue weighted by Crippen LogP contribution is -3.00. The van der Waals surface area contributed by atoms with Gasteiger partial charge in [-0.25, -0.2) is 0 Å². The molecule has 0 aromatic rings. The maximum atomic E-state index is 2.41. The third-order valence-electron chi connectivity index (χ3n) is 4.23. The van der Waals surface area contributed by atoms with Gasteiger partial charge in [0.1, 0.15) is 0 Å². The topological polar surface area (TPSA) is 0 Å².